The van der Waals surface area contributed by atoms with E-state index < -0.39 is 0 Å². The smallest absolute Gasteiger partial charge is 0.0812 e. The molecule has 0 amide bonds. The largest absolute Gasteiger partial charge is 0.373 e. The van der Waals surface area contributed by atoms with E-state index in [-0.39, 0.29) is 0 Å². The first-order chi connectivity index (χ1) is 5.16. The zero-order valence-electron chi connectivity index (χ0n) is 7.60. The minimum atomic E-state index is 0.625. The van der Waals surface area contributed by atoms with Crippen LogP contribution < -0.4 is 0 Å². The van der Waals surface area contributed by atoms with Crippen LogP contribution in [0.25, 0.3) is 0 Å². The summed E-state index contributed by atoms with van der Waals surface area (Å²) < 4.78 is 5.24. The second-order valence-corrected chi connectivity index (χ2v) is 4.96. The normalized spacial score (nSPS) is 40.9. The van der Waals surface area contributed by atoms with Crippen LogP contribution in [0, 0.1) is 11.3 Å². The summed E-state index contributed by atoms with van der Waals surface area (Å²) >= 11 is 0. The van der Waals surface area contributed by atoms with Crippen molar-refractivity contribution in [3.8, 4) is 0 Å². The molecule has 2 rings (SSSR count). The topological polar surface area (TPSA) is 12.5 Å². The molecule has 0 spiro atoms. The SMILES string of the molecule is CC1(C)CCC(CC2CO2)C1. The number of rotatable bonds is 2. The van der Waals surface area contributed by atoms with Gasteiger partial charge >= 0.3 is 0 Å². The molecule has 1 nitrogen and oxygen atoms in total. The standard InChI is InChI=1S/C10H18O/c1-10(2)4-3-8(6-10)5-9-7-11-9/h8-9H,3-7H2,1-2H3. The summed E-state index contributed by atoms with van der Waals surface area (Å²) in [6.45, 7) is 5.82. The Morgan fingerprint density at radius 3 is 2.64 bits per heavy atom. The van der Waals surface area contributed by atoms with Crippen LogP contribution in [0.4, 0.5) is 0 Å². The third kappa shape index (κ3) is 1.96. The monoisotopic (exact) mass is 154 g/mol. The summed E-state index contributed by atoms with van der Waals surface area (Å²) in [5, 5.41) is 0. The number of ether oxygens (including phenoxy) is 1. The zero-order chi connectivity index (χ0) is 7.90. The fraction of sp³-hybridized carbons (Fsp3) is 1.00. The molecule has 1 saturated heterocycles. The van der Waals surface area contributed by atoms with Gasteiger partial charge in [-0.15, -0.1) is 0 Å². The van der Waals surface area contributed by atoms with E-state index in [1.807, 2.05) is 0 Å². The molecule has 2 fully saturated rings. The summed E-state index contributed by atoms with van der Waals surface area (Å²) in [7, 11) is 0. The molecule has 2 unspecified atom stereocenters. The van der Waals surface area contributed by atoms with E-state index in [1.54, 1.807) is 0 Å². The Morgan fingerprint density at radius 1 is 1.45 bits per heavy atom. The van der Waals surface area contributed by atoms with E-state index in [2.05, 4.69) is 13.8 Å². The van der Waals surface area contributed by atoms with Crippen LogP contribution in [-0.4, -0.2) is 12.7 Å². The summed E-state index contributed by atoms with van der Waals surface area (Å²) in [4.78, 5) is 0. The molecule has 64 valence electrons. The molecule has 0 aromatic rings. The zero-order valence-corrected chi connectivity index (χ0v) is 7.60. The van der Waals surface area contributed by atoms with Crippen molar-refractivity contribution in [3.05, 3.63) is 0 Å². The first-order valence-electron chi connectivity index (χ1n) is 4.77. The first kappa shape index (κ1) is 7.60. The van der Waals surface area contributed by atoms with Crippen molar-refractivity contribution in [3.63, 3.8) is 0 Å². The lowest BCUT2D eigenvalue weighted by molar-refractivity contribution is 0.323. The van der Waals surface area contributed by atoms with Gasteiger partial charge in [0, 0.05) is 0 Å². The highest BCUT2D eigenvalue weighted by Crippen LogP contribution is 2.43. The van der Waals surface area contributed by atoms with Gasteiger partial charge in [0.25, 0.3) is 0 Å². The van der Waals surface area contributed by atoms with Crippen molar-refractivity contribution < 1.29 is 4.74 Å². The maximum Gasteiger partial charge on any atom is 0.0812 e. The Balaban J connectivity index is 1.79. The number of epoxide rings is 1. The van der Waals surface area contributed by atoms with Gasteiger partial charge in [-0.05, 0) is 37.0 Å². The van der Waals surface area contributed by atoms with Gasteiger partial charge in [-0.3, -0.25) is 0 Å². The van der Waals surface area contributed by atoms with E-state index in [4.69, 9.17) is 4.74 Å². The second kappa shape index (κ2) is 2.48. The lowest BCUT2D eigenvalue weighted by Crippen LogP contribution is -2.06. The van der Waals surface area contributed by atoms with E-state index in [0.29, 0.717) is 11.5 Å². The molecule has 1 aliphatic carbocycles. The van der Waals surface area contributed by atoms with Gasteiger partial charge in [-0.25, -0.2) is 0 Å². The van der Waals surface area contributed by atoms with Gasteiger partial charge in [-0.1, -0.05) is 13.8 Å². The molecule has 0 radical (unpaired) electrons. The molecule has 0 aromatic heterocycles. The van der Waals surface area contributed by atoms with Gasteiger partial charge in [0.1, 0.15) is 0 Å². The van der Waals surface area contributed by atoms with Gasteiger partial charge in [0.05, 0.1) is 12.7 Å². The van der Waals surface area contributed by atoms with Crippen LogP contribution in [0.2, 0.25) is 0 Å². The average Bonchev–Trinajstić information content (AvgIpc) is 2.61. The van der Waals surface area contributed by atoms with Gasteiger partial charge in [0.2, 0.25) is 0 Å². The van der Waals surface area contributed by atoms with E-state index in [0.717, 1.165) is 12.5 Å². The van der Waals surface area contributed by atoms with Crippen LogP contribution in [0.5, 0.6) is 0 Å². The molecule has 2 atom stereocenters. The number of hydrogen-bond acceptors (Lipinski definition) is 1. The molecule has 0 bridgehead atoms. The highest BCUT2D eigenvalue weighted by atomic mass is 16.6. The van der Waals surface area contributed by atoms with Crippen molar-refractivity contribution in [1.29, 1.82) is 0 Å². The van der Waals surface area contributed by atoms with Crippen molar-refractivity contribution in [2.45, 2.75) is 45.6 Å². The molecular weight excluding hydrogens is 136 g/mol. The van der Waals surface area contributed by atoms with E-state index in [9.17, 15) is 0 Å². The summed E-state index contributed by atoms with van der Waals surface area (Å²) in [5.74, 6) is 0.970. The lowest BCUT2D eigenvalue weighted by atomic mass is 9.89. The van der Waals surface area contributed by atoms with Gasteiger partial charge in [0.15, 0.2) is 0 Å². The number of hydrogen-bond donors (Lipinski definition) is 0. The summed E-state index contributed by atoms with van der Waals surface area (Å²) in [5.41, 5.74) is 0.625. The minimum absolute atomic E-state index is 0.625. The Labute approximate surface area is 69.1 Å². The van der Waals surface area contributed by atoms with E-state index in [1.165, 1.54) is 25.7 Å². The summed E-state index contributed by atoms with van der Waals surface area (Å²) in [6.07, 6.45) is 6.27. The molecule has 1 heteroatoms. The molecule has 2 aliphatic rings. The quantitative estimate of drug-likeness (QED) is 0.557. The predicted molar refractivity (Wildman–Crippen MR) is 45.5 cm³/mol. The highest BCUT2D eigenvalue weighted by Gasteiger charge is 2.35. The van der Waals surface area contributed by atoms with Crippen molar-refractivity contribution >= 4 is 0 Å². The maximum atomic E-state index is 5.24. The van der Waals surface area contributed by atoms with Crippen LogP contribution in [-0.2, 0) is 4.74 Å². The molecule has 0 aromatic carbocycles. The lowest BCUT2D eigenvalue weighted by Gasteiger charge is -2.16. The highest BCUT2D eigenvalue weighted by molar-refractivity contribution is 4.85. The van der Waals surface area contributed by atoms with Crippen molar-refractivity contribution in [1.82, 2.24) is 0 Å². The Hall–Kier alpha value is -0.0400. The minimum Gasteiger partial charge on any atom is -0.373 e. The fourth-order valence-electron chi connectivity index (χ4n) is 2.36. The fourth-order valence-corrected chi connectivity index (χ4v) is 2.36. The van der Waals surface area contributed by atoms with Crippen LogP contribution in [0.1, 0.15) is 39.5 Å². The molecule has 1 heterocycles. The first-order valence-corrected chi connectivity index (χ1v) is 4.77. The maximum absolute atomic E-state index is 5.24. The van der Waals surface area contributed by atoms with Crippen LogP contribution in [0.3, 0.4) is 0 Å². The van der Waals surface area contributed by atoms with Gasteiger partial charge in [-0.2, -0.15) is 0 Å². The molecule has 11 heavy (non-hydrogen) atoms. The Morgan fingerprint density at radius 2 is 2.18 bits per heavy atom. The molecule has 1 saturated carbocycles. The van der Waals surface area contributed by atoms with Crippen molar-refractivity contribution in [2.24, 2.45) is 11.3 Å². The van der Waals surface area contributed by atoms with Crippen LogP contribution >= 0.6 is 0 Å². The Kier molecular flexibility index (Phi) is 1.71. The average molecular weight is 154 g/mol. The van der Waals surface area contributed by atoms with Gasteiger partial charge < -0.3 is 4.74 Å². The van der Waals surface area contributed by atoms with Crippen LogP contribution in [0.15, 0.2) is 0 Å². The third-order valence-corrected chi connectivity index (χ3v) is 3.07. The predicted octanol–water partition coefficient (Wildman–Crippen LogP) is 2.60. The second-order valence-electron chi connectivity index (χ2n) is 4.96. The molecule has 0 N–H and O–H groups in total. The third-order valence-electron chi connectivity index (χ3n) is 3.07. The van der Waals surface area contributed by atoms with E-state index >= 15 is 0 Å². The summed E-state index contributed by atoms with van der Waals surface area (Å²) in [6, 6.07) is 0. The molecular formula is C10H18O. The van der Waals surface area contributed by atoms with Crippen molar-refractivity contribution in [2.75, 3.05) is 6.61 Å². The molecule has 1 aliphatic heterocycles. The Bertz CT molecular complexity index is 147.